The highest BCUT2D eigenvalue weighted by molar-refractivity contribution is 8.69. The zero-order chi connectivity index (χ0) is 13.6. The molecule has 1 N–H and O–H groups in total. The first-order valence-electron chi connectivity index (χ1n) is 5.20. The fourth-order valence-electron chi connectivity index (χ4n) is 1.43. The third-order valence-electron chi connectivity index (χ3n) is 2.10. The lowest BCUT2D eigenvalue weighted by atomic mass is 10.3. The van der Waals surface area contributed by atoms with Crippen LogP contribution < -0.4 is 4.90 Å². The van der Waals surface area contributed by atoms with Crippen LogP contribution in [-0.2, 0) is 9.15 Å². The molecule has 98 valence electrons. The van der Waals surface area contributed by atoms with Crippen LogP contribution in [0.25, 0.3) is 0 Å². The van der Waals surface area contributed by atoms with E-state index in [0.29, 0.717) is 28.8 Å². The molecule has 18 heavy (non-hydrogen) atoms. The fraction of sp³-hybridized carbons (Fsp3) is 0.167. The summed E-state index contributed by atoms with van der Waals surface area (Å²) in [7, 11) is -3.64. The lowest BCUT2D eigenvalue weighted by Crippen LogP contribution is -2.22. The van der Waals surface area contributed by atoms with E-state index in [2.05, 4.69) is 13.2 Å². The van der Waals surface area contributed by atoms with E-state index in [9.17, 15) is 8.42 Å². The molecular formula is C12H15NO3S2. The van der Waals surface area contributed by atoms with Gasteiger partial charge < -0.3 is 4.90 Å². The number of hydrogen-bond donors (Lipinski definition) is 1. The summed E-state index contributed by atoms with van der Waals surface area (Å²) in [5, 5.41) is 0. The van der Waals surface area contributed by atoms with Crippen LogP contribution in [0.5, 0.6) is 0 Å². The molecule has 0 atom stereocenters. The van der Waals surface area contributed by atoms with Crippen LogP contribution in [0.4, 0.5) is 5.69 Å². The minimum absolute atomic E-state index is 0.417. The largest absolute Gasteiger partial charge is 0.364 e. The van der Waals surface area contributed by atoms with Crippen LogP contribution in [0.15, 0.2) is 54.5 Å². The van der Waals surface area contributed by atoms with Gasteiger partial charge in [0.1, 0.15) is 0 Å². The number of rotatable bonds is 7. The number of benzene rings is 1. The Kier molecular flexibility index (Phi) is 5.46. The molecule has 0 aromatic heterocycles. The van der Waals surface area contributed by atoms with Crippen molar-refractivity contribution in [1.29, 1.82) is 0 Å². The third kappa shape index (κ3) is 4.95. The molecule has 1 aromatic rings. The Morgan fingerprint density at radius 1 is 1.17 bits per heavy atom. The Balaban J connectivity index is 2.86. The van der Waals surface area contributed by atoms with Gasteiger partial charge in [-0.25, -0.2) is 0 Å². The molecule has 0 heterocycles. The van der Waals surface area contributed by atoms with Crippen LogP contribution in [0.3, 0.4) is 0 Å². The lowest BCUT2D eigenvalue weighted by Gasteiger charge is -2.21. The van der Waals surface area contributed by atoms with E-state index in [0.717, 1.165) is 5.69 Å². The number of hydrogen-bond acceptors (Lipinski definition) is 4. The van der Waals surface area contributed by atoms with Crippen LogP contribution in [0, 0.1) is 0 Å². The zero-order valence-corrected chi connectivity index (χ0v) is 11.5. The van der Waals surface area contributed by atoms with E-state index < -0.39 is 9.15 Å². The van der Waals surface area contributed by atoms with Gasteiger partial charge >= 0.3 is 9.15 Å². The highest BCUT2D eigenvalue weighted by Gasteiger charge is 2.08. The van der Waals surface area contributed by atoms with E-state index in [4.69, 9.17) is 4.55 Å². The second kappa shape index (κ2) is 6.63. The molecule has 0 radical (unpaired) electrons. The van der Waals surface area contributed by atoms with Gasteiger partial charge in [-0.2, -0.15) is 8.42 Å². The van der Waals surface area contributed by atoms with Gasteiger partial charge in [0.15, 0.2) is 0 Å². The second-order valence-corrected chi connectivity index (χ2v) is 6.74. The van der Waals surface area contributed by atoms with Gasteiger partial charge in [0.05, 0.1) is 0 Å². The Bertz CT molecular complexity index is 499. The standard InChI is InChI=1S/C12H15NO3S2/c1-3-9-13(10-4-2)11-5-7-12(8-6-11)17-18(14,15)16/h3-8H,1-2,9-10H2,(H,14,15,16). The summed E-state index contributed by atoms with van der Waals surface area (Å²) in [6, 6.07) is 6.88. The van der Waals surface area contributed by atoms with Gasteiger partial charge in [0.2, 0.25) is 0 Å². The van der Waals surface area contributed by atoms with Crippen molar-refractivity contribution >= 4 is 25.6 Å². The predicted molar refractivity (Wildman–Crippen MR) is 76.5 cm³/mol. The fourth-order valence-corrected chi connectivity index (χ4v) is 2.98. The van der Waals surface area contributed by atoms with Crippen molar-refractivity contribution < 1.29 is 13.0 Å². The summed E-state index contributed by atoms with van der Waals surface area (Å²) in [5.41, 5.74) is 0.939. The van der Waals surface area contributed by atoms with Crippen molar-refractivity contribution in [3.8, 4) is 0 Å². The minimum Gasteiger partial charge on any atom is -0.364 e. The molecule has 6 heteroatoms. The highest BCUT2D eigenvalue weighted by atomic mass is 33.1. The van der Waals surface area contributed by atoms with Gasteiger partial charge in [0.25, 0.3) is 0 Å². The first kappa shape index (κ1) is 14.8. The van der Waals surface area contributed by atoms with Crippen molar-refractivity contribution in [2.45, 2.75) is 4.90 Å². The molecule has 4 nitrogen and oxygen atoms in total. The summed E-state index contributed by atoms with van der Waals surface area (Å²) >= 11 is 0. The smallest absolute Gasteiger partial charge is 0.324 e. The molecule has 0 bridgehead atoms. The molecule has 0 unspecified atom stereocenters. The zero-order valence-electron chi connectivity index (χ0n) is 9.82. The lowest BCUT2D eigenvalue weighted by molar-refractivity contribution is 0.503. The summed E-state index contributed by atoms with van der Waals surface area (Å²) in [6.45, 7) is 8.72. The third-order valence-corrected chi connectivity index (χ3v) is 3.99. The highest BCUT2D eigenvalue weighted by Crippen LogP contribution is 2.25. The molecule has 0 saturated carbocycles. The second-order valence-electron chi connectivity index (χ2n) is 3.49. The molecule has 0 saturated heterocycles. The molecule has 0 spiro atoms. The van der Waals surface area contributed by atoms with E-state index in [-0.39, 0.29) is 0 Å². The summed E-state index contributed by atoms with van der Waals surface area (Å²) in [6.07, 6.45) is 3.56. The van der Waals surface area contributed by atoms with Crippen LogP contribution in [-0.4, -0.2) is 26.1 Å². The quantitative estimate of drug-likeness (QED) is 0.474. The number of anilines is 1. The maximum absolute atomic E-state index is 10.7. The summed E-state index contributed by atoms with van der Waals surface area (Å²) in [5.74, 6) is 0. The van der Waals surface area contributed by atoms with E-state index >= 15 is 0 Å². The molecule has 1 rings (SSSR count). The molecule has 0 amide bonds. The summed E-state index contributed by atoms with van der Waals surface area (Å²) < 4.78 is 30.1. The van der Waals surface area contributed by atoms with E-state index in [1.165, 1.54) is 0 Å². The minimum atomic E-state index is -4.06. The first-order valence-corrected chi connectivity index (χ1v) is 7.97. The van der Waals surface area contributed by atoms with Crippen molar-refractivity contribution in [2.24, 2.45) is 0 Å². The molecule has 1 aromatic carbocycles. The Hall–Kier alpha value is -1.24. The maximum Gasteiger partial charge on any atom is 0.324 e. The normalized spacial score (nSPS) is 10.9. The van der Waals surface area contributed by atoms with E-state index in [1.54, 1.807) is 36.4 Å². The Labute approximate surface area is 111 Å². The SMILES string of the molecule is C=CCN(CC=C)c1ccc(SS(=O)(=O)O)cc1. The van der Waals surface area contributed by atoms with Gasteiger partial charge in [0, 0.05) is 34.5 Å². The van der Waals surface area contributed by atoms with Crippen LogP contribution >= 0.6 is 10.8 Å². The monoisotopic (exact) mass is 285 g/mol. The average Bonchev–Trinajstić information content (AvgIpc) is 2.28. The van der Waals surface area contributed by atoms with Gasteiger partial charge in [-0.3, -0.25) is 4.55 Å². The molecule has 0 fully saturated rings. The number of nitrogens with zero attached hydrogens (tertiary/aromatic N) is 1. The van der Waals surface area contributed by atoms with Gasteiger partial charge in [-0.15, -0.1) is 13.2 Å². The van der Waals surface area contributed by atoms with Crippen LogP contribution in [0.1, 0.15) is 0 Å². The Morgan fingerprint density at radius 2 is 1.67 bits per heavy atom. The average molecular weight is 285 g/mol. The molecular weight excluding hydrogens is 270 g/mol. The maximum atomic E-state index is 10.7. The molecule has 0 aliphatic rings. The van der Waals surface area contributed by atoms with Crippen molar-refractivity contribution in [3.05, 3.63) is 49.6 Å². The molecule has 0 aliphatic carbocycles. The molecule has 0 aliphatic heterocycles. The van der Waals surface area contributed by atoms with Gasteiger partial charge in [-0.05, 0) is 24.3 Å². The van der Waals surface area contributed by atoms with Crippen molar-refractivity contribution in [2.75, 3.05) is 18.0 Å². The van der Waals surface area contributed by atoms with Crippen molar-refractivity contribution in [3.63, 3.8) is 0 Å². The van der Waals surface area contributed by atoms with E-state index in [1.807, 2.05) is 4.90 Å². The Morgan fingerprint density at radius 3 is 2.06 bits per heavy atom. The van der Waals surface area contributed by atoms with Gasteiger partial charge in [-0.1, -0.05) is 12.2 Å². The summed E-state index contributed by atoms with van der Waals surface area (Å²) in [4.78, 5) is 2.50. The van der Waals surface area contributed by atoms with Crippen LogP contribution in [0.2, 0.25) is 0 Å². The topological polar surface area (TPSA) is 57.6 Å². The predicted octanol–water partition coefficient (Wildman–Crippen LogP) is 2.76. The first-order chi connectivity index (χ1) is 8.46. The van der Waals surface area contributed by atoms with Crippen molar-refractivity contribution in [1.82, 2.24) is 0 Å².